The average Bonchev–Trinajstić information content (AvgIpc) is 2.46. The van der Waals surface area contributed by atoms with Crippen molar-refractivity contribution in [2.45, 2.75) is 26.3 Å². The third-order valence-corrected chi connectivity index (χ3v) is 4.15. The van der Waals surface area contributed by atoms with E-state index < -0.39 is 0 Å². The van der Waals surface area contributed by atoms with Crippen molar-refractivity contribution in [2.24, 2.45) is 5.92 Å². The summed E-state index contributed by atoms with van der Waals surface area (Å²) < 4.78 is 0. The number of benzene rings is 2. The summed E-state index contributed by atoms with van der Waals surface area (Å²) in [6.45, 7) is 4.03. The van der Waals surface area contributed by atoms with Crippen LogP contribution in [0.2, 0.25) is 0 Å². The molecule has 0 saturated carbocycles. The maximum atomic E-state index is 12.0. The van der Waals surface area contributed by atoms with Crippen LogP contribution < -0.4 is 5.32 Å². The number of carbonyl (C=O) groups excluding carboxylic acids is 1. The van der Waals surface area contributed by atoms with Crippen molar-refractivity contribution in [3.63, 3.8) is 0 Å². The summed E-state index contributed by atoms with van der Waals surface area (Å²) in [4.78, 5) is 12.0. The van der Waals surface area contributed by atoms with Crippen molar-refractivity contribution in [1.29, 1.82) is 0 Å². The molecule has 20 heavy (non-hydrogen) atoms. The molecule has 0 spiro atoms. The molecule has 0 radical (unpaired) electrons. The first kappa shape index (κ1) is 14.9. The first-order valence-electron chi connectivity index (χ1n) is 6.93. The van der Waals surface area contributed by atoms with Crippen LogP contribution >= 0.6 is 11.6 Å². The lowest BCUT2D eigenvalue weighted by Gasteiger charge is -2.19. The molecule has 2 atom stereocenters. The molecular weight excluding hydrogens is 270 g/mol. The fourth-order valence-electron chi connectivity index (χ4n) is 2.11. The second kappa shape index (κ2) is 6.76. The van der Waals surface area contributed by atoms with Crippen molar-refractivity contribution in [3.05, 3.63) is 48.0 Å². The SMILES string of the molecule is CC(CCl)C(C)NC(=O)Cc1ccc2ccccc2c1. The zero-order valence-corrected chi connectivity index (χ0v) is 12.7. The lowest BCUT2D eigenvalue weighted by Crippen LogP contribution is -2.38. The Bertz CT molecular complexity index is 596. The molecule has 2 unspecified atom stereocenters. The largest absolute Gasteiger partial charge is 0.353 e. The molecule has 0 aliphatic rings. The van der Waals surface area contributed by atoms with E-state index in [1.165, 1.54) is 10.8 Å². The topological polar surface area (TPSA) is 29.1 Å². The zero-order chi connectivity index (χ0) is 14.5. The minimum Gasteiger partial charge on any atom is -0.353 e. The third kappa shape index (κ3) is 3.73. The fraction of sp³-hybridized carbons (Fsp3) is 0.353. The predicted molar refractivity (Wildman–Crippen MR) is 85.1 cm³/mol. The highest BCUT2D eigenvalue weighted by Gasteiger charge is 2.14. The number of hydrogen-bond acceptors (Lipinski definition) is 1. The summed E-state index contributed by atoms with van der Waals surface area (Å²) >= 11 is 5.80. The van der Waals surface area contributed by atoms with Gasteiger partial charge in [-0.1, -0.05) is 49.4 Å². The van der Waals surface area contributed by atoms with E-state index in [4.69, 9.17) is 11.6 Å². The summed E-state index contributed by atoms with van der Waals surface area (Å²) in [6, 6.07) is 14.4. The minimum atomic E-state index is 0.0461. The Kier molecular flexibility index (Phi) is 5.02. The number of fused-ring (bicyclic) bond motifs is 1. The van der Waals surface area contributed by atoms with Gasteiger partial charge < -0.3 is 5.32 Å². The molecule has 2 aromatic rings. The van der Waals surface area contributed by atoms with Gasteiger partial charge in [-0.15, -0.1) is 11.6 Å². The number of carbonyl (C=O) groups is 1. The number of alkyl halides is 1. The highest BCUT2D eigenvalue weighted by atomic mass is 35.5. The second-order valence-corrected chi connectivity index (χ2v) is 5.65. The van der Waals surface area contributed by atoms with Crippen molar-refractivity contribution < 1.29 is 4.79 Å². The van der Waals surface area contributed by atoms with Crippen molar-refractivity contribution in [3.8, 4) is 0 Å². The van der Waals surface area contributed by atoms with Gasteiger partial charge in [0.15, 0.2) is 0 Å². The molecule has 3 heteroatoms. The lowest BCUT2D eigenvalue weighted by atomic mass is 10.0. The van der Waals surface area contributed by atoms with Gasteiger partial charge in [0.25, 0.3) is 0 Å². The van der Waals surface area contributed by atoms with Gasteiger partial charge in [0.2, 0.25) is 5.91 Å². The third-order valence-electron chi connectivity index (χ3n) is 3.66. The molecule has 1 amide bonds. The predicted octanol–water partition coefficient (Wildman–Crippen LogP) is 3.76. The van der Waals surface area contributed by atoms with Gasteiger partial charge in [-0.25, -0.2) is 0 Å². The van der Waals surface area contributed by atoms with E-state index in [2.05, 4.69) is 29.6 Å². The smallest absolute Gasteiger partial charge is 0.224 e. The van der Waals surface area contributed by atoms with Crippen LogP contribution in [0.15, 0.2) is 42.5 Å². The summed E-state index contributed by atoms with van der Waals surface area (Å²) in [5.74, 6) is 0.874. The van der Waals surface area contributed by atoms with E-state index in [0.29, 0.717) is 12.3 Å². The molecule has 0 bridgehead atoms. The Morgan fingerprint density at radius 3 is 2.55 bits per heavy atom. The normalized spacial score (nSPS) is 13.9. The van der Waals surface area contributed by atoms with Crippen LogP contribution in [-0.4, -0.2) is 17.8 Å². The first-order chi connectivity index (χ1) is 9.60. The number of rotatable bonds is 5. The van der Waals surface area contributed by atoms with Gasteiger partial charge in [0.05, 0.1) is 6.42 Å². The van der Waals surface area contributed by atoms with E-state index in [1.54, 1.807) is 0 Å². The number of amides is 1. The van der Waals surface area contributed by atoms with Crippen LogP contribution in [0.4, 0.5) is 0 Å². The summed E-state index contributed by atoms with van der Waals surface area (Å²) in [5.41, 5.74) is 1.03. The average molecular weight is 290 g/mol. The quantitative estimate of drug-likeness (QED) is 0.834. The van der Waals surface area contributed by atoms with Gasteiger partial charge in [-0.3, -0.25) is 4.79 Å². The highest BCUT2D eigenvalue weighted by molar-refractivity contribution is 6.18. The van der Waals surface area contributed by atoms with Crippen molar-refractivity contribution >= 4 is 28.3 Å². The molecule has 0 fully saturated rings. The molecule has 2 aromatic carbocycles. The van der Waals surface area contributed by atoms with E-state index in [0.717, 1.165) is 5.56 Å². The van der Waals surface area contributed by atoms with Crippen LogP contribution in [0, 0.1) is 5.92 Å². The summed E-state index contributed by atoms with van der Waals surface area (Å²) in [7, 11) is 0. The Hall–Kier alpha value is -1.54. The van der Waals surface area contributed by atoms with Crippen molar-refractivity contribution in [2.75, 3.05) is 5.88 Å². The second-order valence-electron chi connectivity index (χ2n) is 5.35. The van der Waals surface area contributed by atoms with Crippen LogP contribution in [0.1, 0.15) is 19.4 Å². The van der Waals surface area contributed by atoms with E-state index in [9.17, 15) is 4.79 Å². The molecule has 106 valence electrons. The van der Waals surface area contributed by atoms with Gasteiger partial charge in [-0.05, 0) is 29.2 Å². The van der Waals surface area contributed by atoms with Crippen LogP contribution in [-0.2, 0) is 11.2 Å². The highest BCUT2D eigenvalue weighted by Crippen LogP contribution is 2.16. The molecule has 0 aliphatic heterocycles. The molecule has 0 heterocycles. The Balaban J connectivity index is 2.02. The molecule has 0 aromatic heterocycles. The van der Waals surface area contributed by atoms with Crippen molar-refractivity contribution in [1.82, 2.24) is 5.32 Å². The Morgan fingerprint density at radius 2 is 1.85 bits per heavy atom. The molecule has 2 rings (SSSR count). The van der Waals surface area contributed by atoms with Gasteiger partial charge in [0, 0.05) is 11.9 Å². The van der Waals surface area contributed by atoms with E-state index >= 15 is 0 Å². The van der Waals surface area contributed by atoms with E-state index in [-0.39, 0.29) is 17.9 Å². The maximum absolute atomic E-state index is 12.0. The molecule has 0 saturated heterocycles. The Labute approximate surface area is 125 Å². The van der Waals surface area contributed by atoms with E-state index in [1.807, 2.05) is 32.0 Å². The fourth-order valence-corrected chi connectivity index (χ4v) is 2.38. The first-order valence-corrected chi connectivity index (χ1v) is 7.46. The summed E-state index contributed by atoms with van der Waals surface area (Å²) in [6.07, 6.45) is 0.407. The number of hydrogen-bond donors (Lipinski definition) is 1. The zero-order valence-electron chi connectivity index (χ0n) is 11.9. The van der Waals surface area contributed by atoms with Gasteiger partial charge in [-0.2, -0.15) is 0 Å². The van der Waals surface area contributed by atoms with Crippen LogP contribution in [0.3, 0.4) is 0 Å². The molecule has 2 nitrogen and oxygen atoms in total. The molecular formula is C17H20ClNO. The lowest BCUT2D eigenvalue weighted by molar-refractivity contribution is -0.121. The number of halogens is 1. The van der Waals surface area contributed by atoms with Crippen LogP contribution in [0.5, 0.6) is 0 Å². The molecule has 1 N–H and O–H groups in total. The number of nitrogens with one attached hydrogen (secondary N) is 1. The van der Waals surface area contributed by atoms with Gasteiger partial charge >= 0.3 is 0 Å². The summed E-state index contributed by atoms with van der Waals surface area (Å²) in [5, 5.41) is 5.37. The maximum Gasteiger partial charge on any atom is 0.224 e. The van der Waals surface area contributed by atoms with Crippen LogP contribution in [0.25, 0.3) is 10.8 Å². The Morgan fingerprint density at radius 1 is 1.15 bits per heavy atom. The monoisotopic (exact) mass is 289 g/mol. The molecule has 0 aliphatic carbocycles. The van der Waals surface area contributed by atoms with Gasteiger partial charge in [0.1, 0.15) is 0 Å². The minimum absolute atomic E-state index is 0.0461. The standard InChI is InChI=1S/C17H20ClNO/c1-12(11-18)13(2)19-17(20)10-14-7-8-15-5-3-4-6-16(15)9-14/h3-9,12-13H,10-11H2,1-2H3,(H,19,20).